The van der Waals surface area contributed by atoms with Gasteiger partial charge in [-0.15, -0.1) is 0 Å². The molecular formula is C18H41N3. The zero-order valence-corrected chi connectivity index (χ0v) is 15.9. The molecule has 0 spiro atoms. The van der Waals surface area contributed by atoms with Crippen LogP contribution in [-0.4, -0.2) is 37.3 Å². The van der Waals surface area contributed by atoms with Crippen LogP contribution in [0.1, 0.15) is 74.1 Å². The maximum absolute atomic E-state index is 3.49. The number of rotatable bonds is 4. The van der Waals surface area contributed by atoms with Crippen molar-refractivity contribution in [3.8, 4) is 0 Å². The van der Waals surface area contributed by atoms with Crippen LogP contribution in [0.5, 0.6) is 0 Å². The van der Waals surface area contributed by atoms with Crippen molar-refractivity contribution in [2.45, 2.75) is 91.3 Å². The van der Waals surface area contributed by atoms with E-state index in [0.717, 1.165) is 18.5 Å². The van der Waals surface area contributed by atoms with E-state index in [4.69, 9.17) is 0 Å². The van der Waals surface area contributed by atoms with Gasteiger partial charge >= 0.3 is 0 Å². The zero-order chi connectivity index (χ0) is 16.5. The molecule has 0 atom stereocenters. The van der Waals surface area contributed by atoms with Gasteiger partial charge in [-0.25, -0.2) is 0 Å². The fraction of sp³-hybridized carbons (Fsp3) is 1.00. The lowest BCUT2D eigenvalue weighted by atomic mass is 10.1. The minimum Gasteiger partial charge on any atom is -0.319 e. The summed E-state index contributed by atoms with van der Waals surface area (Å²) >= 11 is 0. The molecule has 128 valence electrons. The fourth-order valence-corrected chi connectivity index (χ4v) is 1.98. The molecule has 0 aromatic rings. The lowest BCUT2D eigenvalue weighted by Gasteiger charge is -2.19. The van der Waals surface area contributed by atoms with Gasteiger partial charge in [0.05, 0.1) is 0 Å². The topological polar surface area (TPSA) is 36.1 Å². The van der Waals surface area contributed by atoms with Gasteiger partial charge in [-0.2, -0.15) is 0 Å². The van der Waals surface area contributed by atoms with E-state index < -0.39 is 0 Å². The molecule has 0 radical (unpaired) electrons. The van der Waals surface area contributed by atoms with E-state index in [-0.39, 0.29) is 0 Å². The van der Waals surface area contributed by atoms with Crippen molar-refractivity contribution < 1.29 is 0 Å². The third-order valence-corrected chi connectivity index (χ3v) is 3.11. The summed E-state index contributed by atoms with van der Waals surface area (Å²) in [5, 5.41) is 9.91. The van der Waals surface area contributed by atoms with Crippen molar-refractivity contribution in [2.75, 3.05) is 20.1 Å². The van der Waals surface area contributed by atoms with Crippen molar-refractivity contribution >= 4 is 0 Å². The Kier molecular flexibility index (Phi) is 9.75. The predicted octanol–water partition coefficient (Wildman–Crippen LogP) is 3.55. The van der Waals surface area contributed by atoms with E-state index in [1.54, 1.807) is 0 Å². The Balaban J connectivity index is 0.000000289. The van der Waals surface area contributed by atoms with Crippen LogP contribution in [0, 0.1) is 5.92 Å². The molecule has 0 saturated heterocycles. The first-order valence-corrected chi connectivity index (χ1v) is 8.74. The number of hydrogen-bond donors (Lipinski definition) is 3. The Morgan fingerprint density at radius 3 is 1.48 bits per heavy atom. The molecule has 3 N–H and O–H groups in total. The second-order valence-corrected chi connectivity index (χ2v) is 8.45. The third-order valence-electron chi connectivity index (χ3n) is 3.11. The molecule has 0 aliphatic heterocycles. The van der Waals surface area contributed by atoms with Gasteiger partial charge in [0, 0.05) is 17.1 Å². The summed E-state index contributed by atoms with van der Waals surface area (Å²) in [6.45, 7) is 17.5. The van der Waals surface area contributed by atoms with Crippen molar-refractivity contribution in [1.29, 1.82) is 0 Å². The van der Waals surface area contributed by atoms with E-state index in [1.807, 2.05) is 7.05 Å². The fourth-order valence-electron chi connectivity index (χ4n) is 1.98. The van der Waals surface area contributed by atoms with Gasteiger partial charge in [-0.1, -0.05) is 6.92 Å². The first-order valence-electron chi connectivity index (χ1n) is 8.74. The molecule has 2 fully saturated rings. The van der Waals surface area contributed by atoms with Crippen molar-refractivity contribution in [3.63, 3.8) is 0 Å². The summed E-state index contributed by atoms with van der Waals surface area (Å²) < 4.78 is 0. The molecule has 0 amide bonds. The summed E-state index contributed by atoms with van der Waals surface area (Å²) in [7, 11) is 2.01. The molecule has 2 aliphatic rings. The summed E-state index contributed by atoms with van der Waals surface area (Å²) in [5.74, 6) is 1.04. The molecule has 0 aromatic carbocycles. The zero-order valence-electron chi connectivity index (χ0n) is 15.9. The highest BCUT2D eigenvalue weighted by atomic mass is 15.0. The minimum atomic E-state index is 0.300. The van der Waals surface area contributed by atoms with Crippen LogP contribution in [-0.2, 0) is 0 Å². The average molecular weight is 300 g/mol. The van der Waals surface area contributed by atoms with Gasteiger partial charge in [0.1, 0.15) is 0 Å². The molecule has 0 unspecified atom stereocenters. The van der Waals surface area contributed by atoms with Crippen LogP contribution in [0.3, 0.4) is 0 Å². The molecule has 3 nitrogen and oxygen atoms in total. The molecule has 0 heterocycles. The van der Waals surface area contributed by atoms with Gasteiger partial charge in [0.25, 0.3) is 0 Å². The minimum absolute atomic E-state index is 0.300. The van der Waals surface area contributed by atoms with E-state index in [9.17, 15) is 0 Å². The first kappa shape index (κ1) is 20.9. The SMILES string of the molecule is CC(C)(C)NC1CC1.CCNC(C)(C)C.CNCC1CC1. The molecule has 2 saturated carbocycles. The molecular weight excluding hydrogens is 258 g/mol. The maximum atomic E-state index is 3.49. The van der Waals surface area contributed by atoms with E-state index in [0.29, 0.717) is 11.1 Å². The Labute approximate surface area is 134 Å². The van der Waals surface area contributed by atoms with Crippen LogP contribution in [0.15, 0.2) is 0 Å². The highest BCUT2D eigenvalue weighted by Gasteiger charge is 2.25. The monoisotopic (exact) mass is 299 g/mol. The lowest BCUT2D eigenvalue weighted by molar-refractivity contribution is 0.422. The largest absolute Gasteiger partial charge is 0.319 e. The van der Waals surface area contributed by atoms with Crippen LogP contribution in [0.4, 0.5) is 0 Å². The smallest absolute Gasteiger partial charge is 0.00990 e. The Bertz CT molecular complexity index is 242. The van der Waals surface area contributed by atoms with Gasteiger partial charge < -0.3 is 16.0 Å². The van der Waals surface area contributed by atoms with E-state index in [2.05, 4.69) is 64.4 Å². The highest BCUT2D eigenvalue weighted by molar-refractivity contribution is 4.87. The quantitative estimate of drug-likeness (QED) is 0.743. The van der Waals surface area contributed by atoms with Gasteiger partial charge in [-0.3, -0.25) is 0 Å². The summed E-state index contributed by atoms with van der Waals surface area (Å²) in [4.78, 5) is 0. The van der Waals surface area contributed by atoms with Gasteiger partial charge in [0.2, 0.25) is 0 Å². The van der Waals surface area contributed by atoms with E-state index >= 15 is 0 Å². The Morgan fingerprint density at radius 1 is 0.857 bits per heavy atom. The highest BCUT2D eigenvalue weighted by Crippen LogP contribution is 2.27. The van der Waals surface area contributed by atoms with Crippen LogP contribution in [0.25, 0.3) is 0 Å². The number of nitrogens with one attached hydrogen (secondary N) is 3. The predicted molar refractivity (Wildman–Crippen MR) is 96.0 cm³/mol. The Morgan fingerprint density at radius 2 is 1.38 bits per heavy atom. The number of hydrogen-bond acceptors (Lipinski definition) is 3. The molecule has 0 aromatic heterocycles. The van der Waals surface area contributed by atoms with Crippen molar-refractivity contribution in [3.05, 3.63) is 0 Å². The van der Waals surface area contributed by atoms with Gasteiger partial charge in [0.15, 0.2) is 0 Å². The first-order chi connectivity index (χ1) is 9.57. The Hall–Kier alpha value is -0.120. The average Bonchev–Trinajstić information content (AvgIpc) is 3.12. The standard InChI is InChI=1S/C7H15N.C6H15N.C5H11N/c1-7(2,3)8-6-4-5-6;1-5-7-6(2,3)4;1-6-4-5-2-3-5/h6,8H,4-5H2,1-3H3;7H,5H2,1-4H3;5-6H,2-4H2,1H3. The van der Waals surface area contributed by atoms with Crippen LogP contribution in [0.2, 0.25) is 0 Å². The molecule has 21 heavy (non-hydrogen) atoms. The van der Waals surface area contributed by atoms with Crippen LogP contribution < -0.4 is 16.0 Å². The van der Waals surface area contributed by atoms with E-state index in [1.165, 1.54) is 32.2 Å². The third kappa shape index (κ3) is 19.9. The summed E-state index contributed by atoms with van der Waals surface area (Å²) in [6, 6.07) is 0.843. The molecule has 3 heteroatoms. The van der Waals surface area contributed by atoms with Crippen LogP contribution >= 0.6 is 0 Å². The summed E-state index contributed by atoms with van der Waals surface area (Å²) in [5.41, 5.74) is 0.635. The molecule has 2 rings (SSSR count). The second-order valence-electron chi connectivity index (χ2n) is 8.45. The van der Waals surface area contributed by atoms with Crippen molar-refractivity contribution in [2.24, 2.45) is 5.92 Å². The second kappa shape index (κ2) is 9.81. The molecule has 2 aliphatic carbocycles. The maximum Gasteiger partial charge on any atom is 0.00990 e. The normalized spacial score (nSPS) is 18.3. The van der Waals surface area contributed by atoms with Crippen molar-refractivity contribution in [1.82, 2.24) is 16.0 Å². The lowest BCUT2D eigenvalue weighted by Crippen LogP contribution is -2.37. The molecule has 0 bridgehead atoms. The van der Waals surface area contributed by atoms with Gasteiger partial charge in [-0.05, 0) is 93.3 Å². The summed E-state index contributed by atoms with van der Waals surface area (Å²) in [6.07, 6.45) is 5.69.